The summed E-state index contributed by atoms with van der Waals surface area (Å²) in [6.45, 7) is 0. The van der Waals surface area contributed by atoms with Gasteiger partial charge in [-0.2, -0.15) is 0 Å². The molecule has 146 valence electrons. The van der Waals surface area contributed by atoms with Crippen LogP contribution in [-0.4, -0.2) is 11.1 Å². The molecule has 0 spiro atoms. The van der Waals surface area contributed by atoms with Crippen LogP contribution in [0.3, 0.4) is 0 Å². The van der Waals surface area contributed by atoms with Crippen LogP contribution in [0, 0.1) is 23.7 Å². The zero-order chi connectivity index (χ0) is 19.2. The van der Waals surface area contributed by atoms with Crippen molar-refractivity contribution in [3.63, 3.8) is 0 Å². The number of aryl methyl sites for hydroxylation is 1. The summed E-state index contributed by atoms with van der Waals surface area (Å²) in [4.78, 5) is 10.6. The van der Waals surface area contributed by atoms with Crippen molar-refractivity contribution in [2.75, 3.05) is 0 Å². The van der Waals surface area contributed by atoms with E-state index in [-0.39, 0.29) is 6.42 Å². The van der Waals surface area contributed by atoms with Gasteiger partial charge in [0.2, 0.25) is 0 Å². The fourth-order valence-corrected chi connectivity index (χ4v) is 5.22. The lowest BCUT2D eigenvalue weighted by Crippen LogP contribution is -2.35. The van der Waals surface area contributed by atoms with Gasteiger partial charge in [0.25, 0.3) is 0 Å². The third-order valence-corrected chi connectivity index (χ3v) is 6.68. The minimum atomic E-state index is -0.707. The van der Waals surface area contributed by atoms with Gasteiger partial charge in [-0.25, -0.2) is 0 Å². The second-order valence-corrected chi connectivity index (χ2v) is 8.72. The number of hydrogen-bond acceptors (Lipinski definition) is 1. The quantitative estimate of drug-likeness (QED) is 0.355. The molecule has 1 saturated carbocycles. The normalized spacial score (nSPS) is 26.7. The summed E-state index contributed by atoms with van der Waals surface area (Å²) in [6, 6.07) is 5.78. The van der Waals surface area contributed by atoms with Crippen LogP contribution >= 0.6 is 23.2 Å². The summed E-state index contributed by atoms with van der Waals surface area (Å²) in [5.74, 6) is 1.91. The van der Waals surface area contributed by atoms with Crippen molar-refractivity contribution in [1.29, 1.82) is 0 Å². The topological polar surface area (TPSA) is 37.3 Å². The minimum absolute atomic E-state index is 0.256. The van der Waals surface area contributed by atoms with E-state index in [0.717, 1.165) is 30.7 Å². The molecule has 0 radical (unpaired) electrons. The van der Waals surface area contributed by atoms with Crippen LogP contribution in [0.15, 0.2) is 42.5 Å². The van der Waals surface area contributed by atoms with E-state index < -0.39 is 5.97 Å². The molecule has 1 aromatic carbocycles. The van der Waals surface area contributed by atoms with E-state index in [9.17, 15) is 4.79 Å². The van der Waals surface area contributed by atoms with Crippen molar-refractivity contribution >= 4 is 29.2 Å². The van der Waals surface area contributed by atoms with Crippen LogP contribution in [0.4, 0.5) is 0 Å². The maximum Gasteiger partial charge on any atom is 0.303 e. The Balaban J connectivity index is 1.55. The Morgan fingerprint density at radius 2 is 1.93 bits per heavy atom. The van der Waals surface area contributed by atoms with Gasteiger partial charge in [0, 0.05) is 16.5 Å². The highest BCUT2D eigenvalue weighted by Crippen LogP contribution is 2.47. The van der Waals surface area contributed by atoms with Gasteiger partial charge in [-0.05, 0) is 86.3 Å². The number of halogens is 2. The average molecular weight is 407 g/mol. The molecule has 0 unspecified atom stereocenters. The van der Waals surface area contributed by atoms with Gasteiger partial charge in [0.1, 0.15) is 0 Å². The number of hydrogen-bond donors (Lipinski definition) is 1. The molecule has 4 rings (SSSR count). The molecule has 3 aliphatic rings. The fourth-order valence-electron chi connectivity index (χ4n) is 4.71. The second-order valence-electron chi connectivity index (χ2n) is 7.87. The number of unbranched alkanes of at least 4 members (excludes halogenated alkanes) is 1. The Morgan fingerprint density at radius 3 is 2.63 bits per heavy atom. The highest BCUT2D eigenvalue weighted by molar-refractivity contribution is 6.35. The number of rotatable bonds is 9. The number of carbonyl (C=O) groups is 1. The molecular weight excluding hydrogens is 379 g/mol. The fraction of sp³-hybridized carbons (Fsp3) is 0.522. The average Bonchev–Trinajstić information content (AvgIpc) is 2.64. The number of carboxylic acids is 1. The summed E-state index contributed by atoms with van der Waals surface area (Å²) in [5, 5.41) is 10.2. The molecule has 2 bridgehead atoms. The van der Waals surface area contributed by atoms with Gasteiger partial charge in [-0.3, -0.25) is 4.79 Å². The summed E-state index contributed by atoms with van der Waals surface area (Å²) >= 11 is 12.3. The Labute approximate surface area is 172 Å². The molecule has 3 aliphatic carbocycles. The van der Waals surface area contributed by atoms with Crippen LogP contribution in [0.2, 0.25) is 10.0 Å². The number of benzene rings is 1. The Bertz CT molecular complexity index is 710. The third kappa shape index (κ3) is 5.62. The maximum atomic E-state index is 10.6. The van der Waals surface area contributed by atoms with Crippen molar-refractivity contribution in [2.24, 2.45) is 23.7 Å². The van der Waals surface area contributed by atoms with E-state index >= 15 is 0 Å². The van der Waals surface area contributed by atoms with Crippen molar-refractivity contribution in [3.05, 3.63) is 58.1 Å². The molecule has 1 aromatic rings. The molecule has 1 fully saturated rings. The largest absolute Gasteiger partial charge is 0.481 e. The van der Waals surface area contributed by atoms with E-state index in [4.69, 9.17) is 28.3 Å². The van der Waals surface area contributed by atoms with Crippen LogP contribution in [0.1, 0.15) is 50.5 Å². The highest BCUT2D eigenvalue weighted by Gasteiger charge is 2.38. The number of fused-ring (bicyclic) bond motifs is 2. The van der Waals surface area contributed by atoms with Crippen LogP contribution in [0.25, 0.3) is 0 Å². The first-order valence-electron chi connectivity index (χ1n) is 10.1. The van der Waals surface area contributed by atoms with Crippen molar-refractivity contribution < 1.29 is 9.90 Å². The lowest BCUT2D eigenvalue weighted by molar-refractivity contribution is -0.137. The first kappa shape index (κ1) is 20.5. The molecule has 1 N–H and O–H groups in total. The van der Waals surface area contributed by atoms with E-state index in [0.29, 0.717) is 28.7 Å². The van der Waals surface area contributed by atoms with Gasteiger partial charge in [-0.15, -0.1) is 0 Å². The van der Waals surface area contributed by atoms with Crippen molar-refractivity contribution in [2.45, 2.75) is 51.4 Å². The Kier molecular flexibility index (Phi) is 7.43. The first-order valence-corrected chi connectivity index (χ1v) is 10.8. The Morgan fingerprint density at radius 1 is 1.15 bits per heavy atom. The van der Waals surface area contributed by atoms with Gasteiger partial charge in [0.05, 0.1) is 0 Å². The molecular formula is C23H28Cl2O2. The monoisotopic (exact) mass is 406 g/mol. The molecule has 0 heterocycles. The number of aliphatic carboxylic acids is 1. The molecule has 0 aromatic heterocycles. The zero-order valence-corrected chi connectivity index (χ0v) is 17.1. The lowest BCUT2D eigenvalue weighted by atomic mass is 9.61. The van der Waals surface area contributed by atoms with Gasteiger partial charge < -0.3 is 5.11 Å². The second kappa shape index (κ2) is 9.80. The first-order chi connectivity index (χ1) is 13.0. The van der Waals surface area contributed by atoms with Crippen LogP contribution < -0.4 is 0 Å². The van der Waals surface area contributed by atoms with Crippen molar-refractivity contribution in [1.82, 2.24) is 0 Å². The maximum absolute atomic E-state index is 10.6. The van der Waals surface area contributed by atoms with Gasteiger partial charge in [0.15, 0.2) is 0 Å². The van der Waals surface area contributed by atoms with E-state index in [1.165, 1.54) is 24.8 Å². The molecule has 0 amide bonds. The standard InChI is InChI=1S/C23H28Cl2O2/c24-19-14-13-18(22(25)15-19)5-4-7-21-17-11-9-16(10-12-17)20(21)6-2-1-3-8-23(26)27/h2,6,9,11,13-17,20-21H,1,3-5,7-8,10,12H2,(H,26,27)/b6-2-/t16-,17+,20+,21+/m1/s1. The number of allylic oxidation sites excluding steroid dienone is 4. The molecule has 0 saturated heterocycles. The third-order valence-electron chi connectivity index (χ3n) is 6.10. The van der Waals surface area contributed by atoms with Crippen LogP contribution in [-0.2, 0) is 11.2 Å². The predicted molar refractivity (Wildman–Crippen MR) is 112 cm³/mol. The highest BCUT2D eigenvalue weighted by atomic mass is 35.5. The SMILES string of the molecule is O=C(O)CCC/C=C\[C@@H]1[C@@H](CCCc2ccc(Cl)cc2Cl)[C@H]2C=C[C@@H]1CC2. The van der Waals surface area contributed by atoms with E-state index in [1.807, 2.05) is 18.2 Å². The molecule has 4 heteroatoms. The van der Waals surface area contributed by atoms with Crippen molar-refractivity contribution in [3.8, 4) is 0 Å². The van der Waals surface area contributed by atoms with Gasteiger partial charge >= 0.3 is 5.97 Å². The summed E-state index contributed by atoms with van der Waals surface area (Å²) in [6.07, 6.45) is 17.2. The molecule has 27 heavy (non-hydrogen) atoms. The zero-order valence-electron chi connectivity index (χ0n) is 15.6. The predicted octanol–water partition coefficient (Wildman–Crippen LogP) is 6.96. The molecule has 2 nitrogen and oxygen atoms in total. The number of carboxylic acid groups (broad SMARTS) is 1. The smallest absolute Gasteiger partial charge is 0.303 e. The van der Waals surface area contributed by atoms with E-state index in [1.54, 1.807) is 0 Å². The van der Waals surface area contributed by atoms with Crippen LogP contribution in [0.5, 0.6) is 0 Å². The lowest BCUT2D eigenvalue weighted by Gasteiger charge is -2.44. The van der Waals surface area contributed by atoms with Gasteiger partial charge in [-0.1, -0.05) is 53.6 Å². The minimum Gasteiger partial charge on any atom is -0.481 e. The van der Waals surface area contributed by atoms with E-state index in [2.05, 4.69) is 24.3 Å². The summed E-state index contributed by atoms with van der Waals surface area (Å²) in [7, 11) is 0. The molecule has 4 atom stereocenters. The Hall–Kier alpha value is -1.25. The summed E-state index contributed by atoms with van der Waals surface area (Å²) < 4.78 is 0. The summed E-state index contributed by atoms with van der Waals surface area (Å²) in [5.41, 5.74) is 1.18. The molecule has 0 aliphatic heterocycles.